The van der Waals surface area contributed by atoms with Gasteiger partial charge in [-0.15, -0.1) is 0 Å². The lowest BCUT2D eigenvalue weighted by molar-refractivity contribution is 0.283. The van der Waals surface area contributed by atoms with Gasteiger partial charge in [0.2, 0.25) is 0 Å². The van der Waals surface area contributed by atoms with Gasteiger partial charge in [0.05, 0.1) is 17.1 Å². The molecular formula is C45H57N3O2. The summed E-state index contributed by atoms with van der Waals surface area (Å²) in [5.74, 6) is 0.375. The molecule has 2 N–H and O–H groups in total. The predicted octanol–water partition coefficient (Wildman–Crippen LogP) is 9.75. The van der Waals surface area contributed by atoms with Crippen LogP contribution in [0.1, 0.15) is 116 Å². The first-order chi connectivity index (χ1) is 23.1. The number of nitrogens with zero attached hydrogens (tertiary/aromatic N) is 3. The Balaban J connectivity index is 1.69. The number of hydrogen-bond acceptors (Lipinski definition) is 5. The molecule has 2 aliphatic rings. The highest BCUT2D eigenvalue weighted by atomic mass is 16.3. The topological polar surface area (TPSA) is 68.4 Å². The van der Waals surface area contributed by atoms with Crippen LogP contribution < -0.4 is 15.6 Å². The maximum absolute atomic E-state index is 12.1. The number of allylic oxidation sites excluding steroid dienone is 5. The number of benzene rings is 3. The summed E-state index contributed by atoms with van der Waals surface area (Å²) in [7, 11) is 1.87. The summed E-state index contributed by atoms with van der Waals surface area (Å²) in [4.78, 5) is 5.02. The zero-order chi connectivity index (χ0) is 36.8. The third-order valence-corrected chi connectivity index (χ3v) is 9.74. The van der Waals surface area contributed by atoms with Crippen LogP contribution in [0, 0.1) is 10.8 Å². The summed E-state index contributed by atoms with van der Waals surface area (Å²) in [5.41, 5.74) is 6.54. The lowest BCUT2D eigenvalue weighted by Gasteiger charge is -2.34. The lowest BCUT2D eigenvalue weighted by atomic mass is 9.71. The Morgan fingerprint density at radius 1 is 0.760 bits per heavy atom. The van der Waals surface area contributed by atoms with Crippen LogP contribution in [0.15, 0.2) is 95.1 Å². The zero-order valence-electron chi connectivity index (χ0n) is 32.1. The molecule has 3 aromatic rings. The molecular weight excluding hydrogens is 615 g/mol. The van der Waals surface area contributed by atoms with Gasteiger partial charge in [-0.2, -0.15) is 5.10 Å². The first-order valence-corrected chi connectivity index (χ1v) is 17.9. The molecule has 0 bridgehead atoms. The van der Waals surface area contributed by atoms with Gasteiger partial charge in [-0.1, -0.05) is 124 Å². The number of hydrazone groups is 1. The van der Waals surface area contributed by atoms with Crippen LogP contribution in [-0.4, -0.2) is 23.0 Å². The first kappa shape index (κ1) is 36.9. The number of aromatic hydroxyl groups is 2. The van der Waals surface area contributed by atoms with E-state index in [1.54, 1.807) is 5.01 Å². The predicted molar refractivity (Wildman–Crippen MR) is 211 cm³/mol. The van der Waals surface area contributed by atoms with Crippen LogP contribution >= 0.6 is 0 Å². The SMILES string of the molecule is C=C1C=CC=C/C1=N/N(C)c1cc(C(C)(C)CC(C)(C)C)cc(Cc2cc(C(C)(C)CC(C)(C)C)cc(C3C=c4ccccc4=N3)c2O)c1O. The smallest absolute Gasteiger partial charge is 0.144 e. The van der Waals surface area contributed by atoms with E-state index in [0.29, 0.717) is 12.1 Å². The molecule has 0 saturated heterocycles. The van der Waals surface area contributed by atoms with Crippen LogP contribution in [-0.2, 0) is 17.3 Å². The maximum Gasteiger partial charge on any atom is 0.144 e. The number of phenols is 2. The Hall–Kier alpha value is -4.38. The van der Waals surface area contributed by atoms with Crippen molar-refractivity contribution in [2.24, 2.45) is 20.9 Å². The standard InChI is InChI=1S/C45H57N3O2/c1-29-17-13-15-19-36(29)47-48(12)39-26-34(45(10,11)28-43(5,6)7)23-32(41(39)50)21-31-22-33(44(8,9)27-42(2,3)4)25-35(40(31)49)38-24-30-18-14-16-20-37(30)46-38/h13-20,22-26,38,49-50H,1,21,27-28H2,2-12H3/b47-36-. The molecule has 5 nitrogen and oxygen atoms in total. The van der Waals surface area contributed by atoms with E-state index in [9.17, 15) is 10.2 Å². The van der Waals surface area contributed by atoms with Crippen molar-refractivity contribution in [3.8, 4) is 11.5 Å². The highest BCUT2D eigenvalue weighted by molar-refractivity contribution is 6.11. The highest BCUT2D eigenvalue weighted by Gasteiger charge is 2.32. The van der Waals surface area contributed by atoms with Gasteiger partial charge in [-0.25, -0.2) is 0 Å². The Morgan fingerprint density at radius 3 is 1.90 bits per heavy atom. The monoisotopic (exact) mass is 671 g/mol. The minimum Gasteiger partial charge on any atom is -0.507 e. The molecule has 0 saturated carbocycles. The van der Waals surface area contributed by atoms with Crippen LogP contribution in [0.2, 0.25) is 0 Å². The molecule has 264 valence electrons. The van der Waals surface area contributed by atoms with Gasteiger partial charge in [-0.3, -0.25) is 10.0 Å². The van der Waals surface area contributed by atoms with E-state index in [1.165, 1.54) is 0 Å². The number of phenolic OH excluding ortho intramolecular Hbond substituents is 2. The largest absolute Gasteiger partial charge is 0.507 e. The second-order valence-corrected chi connectivity index (χ2v) is 18.0. The Morgan fingerprint density at radius 2 is 1.32 bits per heavy atom. The molecule has 1 heterocycles. The van der Waals surface area contributed by atoms with Crippen LogP contribution in [0.5, 0.6) is 11.5 Å². The van der Waals surface area contributed by atoms with Crippen molar-refractivity contribution in [3.05, 3.63) is 123 Å². The molecule has 1 unspecified atom stereocenters. The van der Waals surface area contributed by atoms with Gasteiger partial charge >= 0.3 is 0 Å². The Kier molecular flexibility index (Phi) is 9.88. The minimum atomic E-state index is -0.301. The summed E-state index contributed by atoms with van der Waals surface area (Å²) in [5, 5.41) is 32.8. The fraction of sp³-hybridized carbons (Fsp3) is 0.422. The van der Waals surface area contributed by atoms with Gasteiger partial charge in [0, 0.05) is 24.6 Å². The molecule has 0 fully saturated rings. The Bertz CT molecular complexity index is 1980. The van der Waals surface area contributed by atoms with Crippen molar-refractivity contribution < 1.29 is 10.2 Å². The van der Waals surface area contributed by atoms with Crippen LogP contribution in [0.4, 0.5) is 5.69 Å². The van der Waals surface area contributed by atoms with E-state index in [2.05, 4.69) is 112 Å². The molecule has 1 aliphatic carbocycles. The third-order valence-electron chi connectivity index (χ3n) is 9.74. The first-order valence-electron chi connectivity index (χ1n) is 17.9. The van der Waals surface area contributed by atoms with E-state index in [-0.39, 0.29) is 39.2 Å². The molecule has 0 amide bonds. The number of rotatable bonds is 9. The van der Waals surface area contributed by atoms with Crippen molar-refractivity contribution in [2.45, 2.75) is 105 Å². The maximum atomic E-state index is 12.1. The summed E-state index contributed by atoms with van der Waals surface area (Å²) in [6.45, 7) is 26.8. The van der Waals surface area contributed by atoms with Gasteiger partial charge in [0.25, 0.3) is 0 Å². The van der Waals surface area contributed by atoms with Gasteiger partial charge in [-0.05, 0) is 92.3 Å². The molecule has 5 heteroatoms. The molecule has 0 radical (unpaired) electrons. The molecule has 50 heavy (non-hydrogen) atoms. The summed E-state index contributed by atoms with van der Waals surface area (Å²) in [6.07, 6.45) is 12.1. The van der Waals surface area contributed by atoms with Crippen molar-refractivity contribution >= 4 is 17.5 Å². The fourth-order valence-corrected chi connectivity index (χ4v) is 8.07. The van der Waals surface area contributed by atoms with Gasteiger partial charge in [0.1, 0.15) is 17.2 Å². The number of anilines is 1. The van der Waals surface area contributed by atoms with E-state index in [4.69, 9.17) is 10.1 Å². The average Bonchev–Trinajstić information content (AvgIpc) is 3.42. The van der Waals surface area contributed by atoms with E-state index < -0.39 is 0 Å². The van der Waals surface area contributed by atoms with Crippen molar-refractivity contribution in [1.29, 1.82) is 0 Å². The summed E-state index contributed by atoms with van der Waals surface area (Å²) < 4.78 is 0. The zero-order valence-corrected chi connectivity index (χ0v) is 32.1. The number of fused-ring (bicyclic) bond motifs is 1. The number of para-hydroxylation sites is 1. The van der Waals surface area contributed by atoms with E-state index >= 15 is 0 Å². The van der Waals surface area contributed by atoms with E-state index in [0.717, 1.165) is 62.5 Å². The van der Waals surface area contributed by atoms with Crippen molar-refractivity contribution in [3.63, 3.8) is 0 Å². The van der Waals surface area contributed by atoms with E-state index in [1.807, 2.05) is 49.6 Å². The van der Waals surface area contributed by atoms with Crippen LogP contribution in [0.25, 0.3) is 6.08 Å². The second-order valence-electron chi connectivity index (χ2n) is 18.0. The third kappa shape index (κ3) is 8.31. The molecule has 1 atom stereocenters. The second kappa shape index (κ2) is 13.4. The lowest BCUT2D eigenvalue weighted by Crippen LogP contribution is -2.26. The molecule has 1 aliphatic heterocycles. The molecule has 5 rings (SSSR count). The quantitative estimate of drug-likeness (QED) is 0.223. The molecule has 3 aromatic carbocycles. The van der Waals surface area contributed by atoms with Gasteiger partial charge in [0.15, 0.2) is 0 Å². The van der Waals surface area contributed by atoms with Crippen molar-refractivity contribution in [1.82, 2.24) is 0 Å². The Labute approximate surface area is 300 Å². The minimum absolute atomic E-state index is 0.0871. The average molecular weight is 672 g/mol. The molecule has 0 aromatic heterocycles. The van der Waals surface area contributed by atoms with Crippen LogP contribution in [0.3, 0.4) is 0 Å². The summed E-state index contributed by atoms with van der Waals surface area (Å²) >= 11 is 0. The normalized spacial score (nSPS) is 17.1. The fourth-order valence-electron chi connectivity index (χ4n) is 8.07. The van der Waals surface area contributed by atoms with Gasteiger partial charge < -0.3 is 10.2 Å². The highest BCUT2D eigenvalue weighted by Crippen LogP contribution is 2.45. The molecule has 0 spiro atoms. The van der Waals surface area contributed by atoms with Crippen molar-refractivity contribution in [2.75, 3.05) is 12.1 Å². The summed E-state index contributed by atoms with van der Waals surface area (Å²) in [6, 6.07) is 16.3. The number of hydrogen-bond donors (Lipinski definition) is 2.